The first kappa shape index (κ1) is 30.2. The van der Waals surface area contributed by atoms with E-state index in [0.717, 1.165) is 19.3 Å². The van der Waals surface area contributed by atoms with Gasteiger partial charge in [-0.2, -0.15) is 0 Å². The zero-order valence-electron chi connectivity index (χ0n) is 25.2. The predicted octanol–water partition coefficient (Wildman–Crippen LogP) is 5.81. The summed E-state index contributed by atoms with van der Waals surface area (Å²) >= 11 is 0. The Hall–Kier alpha value is -3.86. The summed E-state index contributed by atoms with van der Waals surface area (Å²) in [6, 6.07) is 23.5. The number of ether oxygens (including phenoxy) is 1. The number of carbonyl (C=O) groups is 3. The molecule has 0 saturated carbocycles. The summed E-state index contributed by atoms with van der Waals surface area (Å²) < 4.78 is 23.1. The van der Waals surface area contributed by atoms with Crippen molar-refractivity contribution in [2.75, 3.05) is 23.0 Å². The molecule has 3 amide bonds. The number of likely N-dealkylation sites (tertiary alicyclic amines) is 1. The molecule has 2 saturated heterocycles. The summed E-state index contributed by atoms with van der Waals surface area (Å²) in [6.07, 6.45) is 1.33. The van der Waals surface area contributed by atoms with Crippen molar-refractivity contribution < 1.29 is 28.3 Å². The third kappa shape index (κ3) is 4.85. The molecule has 3 aromatic rings. The van der Waals surface area contributed by atoms with Gasteiger partial charge < -0.3 is 18.9 Å². The van der Waals surface area contributed by atoms with E-state index in [1.165, 1.54) is 4.90 Å². The number of halogens is 1. The van der Waals surface area contributed by atoms with E-state index in [9.17, 15) is 19.5 Å². The van der Waals surface area contributed by atoms with Crippen LogP contribution in [0.1, 0.15) is 31.7 Å². The molecule has 1 spiro atoms. The van der Waals surface area contributed by atoms with Crippen LogP contribution in [0.25, 0.3) is 0 Å². The Balaban J connectivity index is 1.48. The number of hydrogen-bond donors (Lipinski definition) is 1. The Labute approximate surface area is 258 Å². The normalized spacial score (nSPS) is 26.3. The highest BCUT2D eigenvalue weighted by Crippen LogP contribution is 2.61. The van der Waals surface area contributed by atoms with Gasteiger partial charge in [0, 0.05) is 40.6 Å². The van der Waals surface area contributed by atoms with Crippen LogP contribution in [-0.4, -0.2) is 61.9 Å². The number of para-hydroxylation sites is 2. The average Bonchev–Trinajstić information content (AvgIpc) is 3.68. The molecular formula is C34H38FN3O5Si. The van der Waals surface area contributed by atoms with Crippen LogP contribution in [0.3, 0.4) is 0 Å². The molecular weight excluding hydrogens is 577 g/mol. The van der Waals surface area contributed by atoms with Crippen LogP contribution in [0.15, 0.2) is 78.9 Å². The fourth-order valence-electron chi connectivity index (χ4n) is 7.65. The maximum atomic E-state index is 16.3. The van der Waals surface area contributed by atoms with Gasteiger partial charge in [0.2, 0.25) is 20.7 Å². The van der Waals surface area contributed by atoms with Crippen molar-refractivity contribution in [3.05, 3.63) is 84.4 Å². The zero-order valence-corrected chi connectivity index (χ0v) is 26.2. The van der Waals surface area contributed by atoms with Gasteiger partial charge in [0.1, 0.15) is 0 Å². The first-order valence-corrected chi connectivity index (χ1v) is 18.2. The summed E-state index contributed by atoms with van der Waals surface area (Å²) in [5.74, 6) is -1.14. The summed E-state index contributed by atoms with van der Waals surface area (Å²) in [4.78, 5) is 45.5. The smallest absolute Gasteiger partial charge is 0.268 e. The lowest BCUT2D eigenvalue weighted by molar-refractivity contribution is -0.149. The predicted molar refractivity (Wildman–Crippen MR) is 169 cm³/mol. The maximum absolute atomic E-state index is 16.3. The van der Waals surface area contributed by atoms with Gasteiger partial charge in [-0.3, -0.25) is 24.2 Å². The fraction of sp³-hybridized carbons (Fsp3) is 0.382. The monoisotopic (exact) mass is 615 g/mol. The van der Waals surface area contributed by atoms with Crippen LogP contribution in [0.2, 0.25) is 18.6 Å². The quantitative estimate of drug-likeness (QED) is 0.196. The molecule has 0 bridgehead atoms. The minimum absolute atomic E-state index is 0.0777. The summed E-state index contributed by atoms with van der Waals surface area (Å²) in [7, 11) is -3.51. The minimum Gasteiger partial charge on any atom is -0.394 e. The van der Waals surface area contributed by atoms with Gasteiger partial charge in [-0.15, -0.1) is 0 Å². The largest absolute Gasteiger partial charge is 0.394 e. The Kier molecular flexibility index (Phi) is 7.94. The van der Waals surface area contributed by atoms with Gasteiger partial charge in [-0.25, -0.2) is 0 Å². The van der Waals surface area contributed by atoms with Crippen molar-refractivity contribution >= 4 is 49.4 Å². The van der Waals surface area contributed by atoms with E-state index in [1.807, 2.05) is 67.6 Å². The van der Waals surface area contributed by atoms with Crippen LogP contribution >= 0.6 is 0 Å². The second kappa shape index (κ2) is 11.6. The van der Waals surface area contributed by atoms with Crippen molar-refractivity contribution in [1.29, 1.82) is 0 Å². The number of hydrogen-bond acceptors (Lipinski definition) is 5. The molecule has 230 valence electrons. The molecule has 0 radical (unpaired) electrons. The Morgan fingerprint density at radius 2 is 1.77 bits per heavy atom. The average molecular weight is 616 g/mol. The van der Waals surface area contributed by atoms with Crippen molar-refractivity contribution in [3.8, 4) is 0 Å². The molecule has 0 aromatic heterocycles. The van der Waals surface area contributed by atoms with Crippen molar-refractivity contribution in [1.82, 2.24) is 4.90 Å². The summed E-state index contributed by atoms with van der Waals surface area (Å²) in [5.41, 5.74) is 0.757. The van der Waals surface area contributed by atoms with Crippen molar-refractivity contribution in [3.63, 3.8) is 0 Å². The van der Waals surface area contributed by atoms with Crippen LogP contribution < -0.4 is 9.80 Å². The summed E-state index contributed by atoms with van der Waals surface area (Å²) in [5, 5.41) is 9.83. The molecule has 10 heteroatoms. The number of aliphatic hydroxyl groups excluding tert-OH is 1. The molecule has 6 rings (SSSR count). The van der Waals surface area contributed by atoms with E-state index < -0.39 is 31.6 Å². The highest BCUT2D eigenvalue weighted by molar-refractivity contribution is 6.72. The molecule has 1 N–H and O–H groups in total. The zero-order chi connectivity index (χ0) is 31.2. The SMILES string of the molecule is C[C@H]1[C@H]([Si](C)(C)F)[C@@H](CC(=O)N2CCC[C@H]2CO)O[C@]12C(=O)N(c1ccccc1)c1ccc(N(C=O)c3ccccc3)cc12. The molecule has 2 fully saturated rings. The second-order valence-electron chi connectivity index (χ2n) is 12.5. The van der Waals surface area contributed by atoms with E-state index in [1.54, 1.807) is 41.1 Å². The molecule has 3 aliphatic rings. The van der Waals surface area contributed by atoms with Crippen molar-refractivity contribution in [2.24, 2.45) is 5.92 Å². The van der Waals surface area contributed by atoms with E-state index in [4.69, 9.17) is 4.74 Å². The number of benzene rings is 3. The number of rotatable bonds is 8. The lowest BCUT2D eigenvalue weighted by Crippen LogP contribution is -2.44. The van der Waals surface area contributed by atoms with Gasteiger partial charge >= 0.3 is 0 Å². The highest BCUT2D eigenvalue weighted by Gasteiger charge is 2.67. The molecule has 3 aliphatic heterocycles. The van der Waals surface area contributed by atoms with E-state index in [-0.39, 0.29) is 30.9 Å². The number of nitrogens with zero attached hydrogens (tertiary/aromatic N) is 3. The number of amides is 3. The standard InChI is InChI=1S/C34H38FN3O5Si/c1-23-32(44(2,3)35)30(20-31(41)36-18-10-15-27(36)21-39)43-34(23)28-19-26(37(22-40)24-11-6-4-7-12-24)16-17-29(28)38(33(34)42)25-13-8-5-9-14-25/h4-9,11-14,16-17,19,22-23,27,30,32,39H,10,15,18,20-21H2,1-3H3/t23-,27-,30+,32-,34+/m0/s1. The van der Waals surface area contributed by atoms with E-state index in [0.29, 0.717) is 34.9 Å². The van der Waals surface area contributed by atoms with Gasteiger partial charge in [0.15, 0.2) is 5.60 Å². The van der Waals surface area contributed by atoms with Gasteiger partial charge in [0.05, 0.1) is 30.9 Å². The van der Waals surface area contributed by atoms with Gasteiger partial charge in [-0.05, 0) is 68.4 Å². The van der Waals surface area contributed by atoms with Gasteiger partial charge in [0.25, 0.3) is 5.91 Å². The third-order valence-electron chi connectivity index (χ3n) is 9.57. The maximum Gasteiger partial charge on any atom is 0.268 e. The topological polar surface area (TPSA) is 90.4 Å². The van der Waals surface area contributed by atoms with Crippen molar-refractivity contribution in [2.45, 2.75) is 62.6 Å². The van der Waals surface area contributed by atoms with Crippen LogP contribution in [0.4, 0.5) is 26.9 Å². The number of fused-ring (bicyclic) bond motifs is 2. The molecule has 0 unspecified atom stereocenters. The first-order valence-electron chi connectivity index (χ1n) is 15.2. The van der Waals surface area contributed by atoms with Gasteiger partial charge in [-0.1, -0.05) is 43.3 Å². The minimum atomic E-state index is -3.51. The fourth-order valence-corrected chi connectivity index (χ4v) is 10.1. The summed E-state index contributed by atoms with van der Waals surface area (Å²) in [6.45, 7) is 5.48. The second-order valence-corrected chi connectivity index (χ2v) is 16.3. The molecule has 3 heterocycles. The lowest BCUT2D eigenvalue weighted by Gasteiger charge is -2.31. The molecule has 5 atom stereocenters. The molecule has 3 aromatic carbocycles. The van der Waals surface area contributed by atoms with E-state index in [2.05, 4.69) is 0 Å². The van der Waals surface area contributed by atoms with E-state index >= 15 is 4.11 Å². The highest BCUT2D eigenvalue weighted by atomic mass is 28.4. The number of aliphatic hydroxyl groups is 1. The first-order chi connectivity index (χ1) is 21.1. The molecule has 44 heavy (non-hydrogen) atoms. The molecule has 0 aliphatic carbocycles. The number of carbonyl (C=O) groups excluding carboxylic acids is 3. The number of anilines is 4. The van der Waals surface area contributed by atoms with Crippen LogP contribution in [-0.2, 0) is 24.7 Å². The lowest BCUT2D eigenvalue weighted by atomic mass is 9.82. The van der Waals surface area contributed by atoms with Crippen LogP contribution in [0.5, 0.6) is 0 Å². The Morgan fingerprint density at radius 3 is 2.41 bits per heavy atom. The Morgan fingerprint density at radius 1 is 1.09 bits per heavy atom. The Bertz CT molecular complexity index is 1550. The third-order valence-corrected chi connectivity index (χ3v) is 12.0. The molecule has 8 nitrogen and oxygen atoms in total. The van der Waals surface area contributed by atoms with Crippen LogP contribution in [0, 0.1) is 5.92 Å².